The molecular weight excluding hydrogens is 209 g/mol. The van der Waals surface area contributed by atoms with Gasteiger partial charge in [0.25, 0.3) is 0 Å². The van der Waals surface area contributed by atoms with Crippen LogP contribution in [0.1, 0.15) is 11.1 Å². The standard InChI is InChI=1S/C12H16FNO2/c1-8-3-2-4-9(12(8)13)5-14-10-6-16-7-11(10)15/h2-4,10-11,14-15H,5-7H2,1H3/t10-,11-/m1/s1. The van der Waals surface area contributed by atoms with Crippen LogP contribution in [-0.4, -0.2) is 30.5 Å². The second-order valence-electron chi connectivity index (χ2n) is 4.14. The average Bonchev–Trinajstić information content (AvgIpc) is 2.67. The summed E-state index contributed by atoms with van der Waals surface area (Å²) in [7, 11) is 0. The van der Waals surface area contributed by atoms with Crippen LogP contribution in [0.2, 0.25) is 0 Å². The summed E-state index contributed by atoms with van der Waals surface area (Å²) in [5, 5.41) is 12.6. The van der Waals surface area contributed by atoms with E-state index in [0.29, 0.717) is 30.9 Å². The van der Waals surface area contributed by atoms with Crippen molar-refractivity contribution in [3.8, 4) is 0 Å². The molecule has 0 aliphatic carbocycles. The Balaban J connectivity index is 1.96. The molecule has 1 heterocycles. The number of hydrogen-bond acceptors (Lipinski definition) is 3. The first-order chi connectivity index (χ1) is 7.68. The molecule has 3 nitrogen and oxygen atoms in total. The number of halogens is 1. The minimum Gasteiger partial charge on any atom is -0.389 e. The Kier molecular flexibility index (Phi) is 3.53. The Morgan fingerprint density at radius 2 is 2.31 bits per heavy atom. The smallest absolute Gasteiger partial charge is 0.130 e. The van der Waals surface area contributed by atoms with Crippen molar-refractivity contribution in [3.05, 3.63) is 35.1 Å². The number of aryl methyl sites for hydroxylation is 1. The maximum atomic E-state index is 13.6. The summed E-state index contributed by atoms with van der Waals surface area (Å²) in [5.74, 6) is -0.177. The molecule has 0 unspecified atom stereocenters. The van der Waals surface area contributed by atoms with E-state index in [1.807, 2.05) is 6.07 Å². The number of rotatable bonds is 3. The van der Waals surface area contributed by atoms with E-state index in [4.69, 9.17) is 4.74 Å². The van der Waals surface area contributed by atoms with Gasteiger partial charge in [-0.15, -0.1) is 0 Å². The highest BCUT2D eigenvalue weighted by Crippen LogP contribution is 2.13. The molecular formula is C12H16FNO2. The summed E-state index contributed by atoms with van der Waals surface area (Å²) in [4.78, 5) is 0. The van der Waals surface area contributed by atoms with Crippen LogP contribution in [-0.2, 0) is 11.3 Å². The second-order valence-corrected chi connectivity index (χ2v) is 4.14. The zero-order chi connectivity index (χ0) is 11.5. The molecule has 1 fully saturated rings. The normalized spacial score (nSPS) is 24.9. The first kappa shape index (κ1) is 11.5. The summed E-state index contributed by atoms with van der Waals surface area (Å²) in [6.07, 6.45) is -0.493. The van der Waals surface area contributed by atoms with Crippen molar-refractivity contribution in [2.75, 3.05) is 13.2 Å². The maximum Gasteiger partial charge on any atom is 0.130 e. The van der Waals surface area contributed by atoms with Gasteiger partial charge in [-0.05, 0) is 12.5 Å². The number of benzene rings is 1. The Labute approximate surface area is 94.2 Å². The highest BCUT2D eigenvalue weighted by atomic mass is 19.1. The van der Waals surface area contributed by atoms with Gasteiger partial charge in [0, 0.05) is 12.1 Å². The van der Waals surface area contributed by atoms with Gasteiger partial charge in [-0.3, -0.25) is 0 Å². The zero-order valence-electron chi connectivity index (χ0n) is 9.24. The molecule has 0 radical (unpaired) electrons. The fourth-order valence-corrected chi connectivity index (χ4v) is 1.82. The van der Waals surface area contributed by atoms with Crippen LogP contribution in [0.3, 0.4) is 0 Å². The van der Waals surface area contributed by atoms with Crippen LogP contribution < -0.4 is 5.32 Å². The number of hydrogen-bond donors (Lipinski definition) is 2. The number of aliphatic hydroxyl groups excluding tert-OH is 1. The van der Waals surface area contributed by atoms with E-state index < -0.39 is 6.10 Å². The molecule has 2 N–H and O–H groups in total. The predicted octanol–water partition coefficient (Wildman–Crippen LogP) is 0.983. The second kappa shape index (κ2) is 4.91. The highest BCUT2D eigenvalue weighted by Gasteiger charge is 2.25. The van der Waals surface area contributed by atoms with Crippen LogP contribution >= 0.6 is 0 Å². The Hall–Kier alpha value is -0.970. The summed E-state index contributed by atoms with van der Waals surface area (Å²) < 4.78 is 18.7. The zero-order valence-corrected chi connectivity index (χ0v) is 9.24. The van der Waals surface area contributed by atoms with Gasteiger partial charge in [-0.25, -0.2) is 4.39 Å². The van der Waals surface area contributed by atoms with Gasteiger partial charge in [-0.1, -0.05) is 18.2 Å². The average molecular weight is 225 g/mol. The van der Waals surface area contributed by atoms with Gasteiger partial charge in [-0.2, -0.15) is 0 Å². The fourth-order valence-electron chi connectivity index (χ4n) is 1.82. The lowest BCUT2D eigenvalue weighted by atomic mass is 10.1. The van der Waals surface area contributed by atoms with Gasteiger partial charge < -0.3 is 15.2 Å². The summed E-state index contributed by atoms with van der Waals surface area (Å²) >= 11 is 0. The van der Waals surface area contributed by atoms with Crippen LogP contribution in [0, 0.1) is 12.7 Å². The van der Waals surface area contributed by atoms with Gasteiger partial charge in [0.05, 0.1) is 25.4 Å². The van der Waals surface area contributed by atoms with Gasteiger partial charge >= 0.3 is 0 Å². The Bertz CT molecular complexity index is 370. The first-order valence-corrected chi connectivity index (χ1v) is 5.41. The molecule has 1 aliphatic heterocycles. The van der Waals surface area contributed by atoms with E-state index in [9.17, 15) is 9.50 Å². The van der Waals surface area contributed by atoms with Crippen LogP contribution in [0.25, 0.3) is 0 Å². The van der Waals surface area contributed by atoms with E-state index in [2.05, 4.69) is 5.32 Å². The third kappa shape index (κ3) is 2.40. The molecule has 1 saturated heterocycles. The molecule has 2 rings (SSSR count). The van der Waals surface area contributed by atoms with E-state index in [1.165, 1.54) is 0 Å². The van der Waals surface area contributed by atoms with E-state index in [0.717, 1.165) is 0 Å². The summed E-state index contributed by atoms with van der Waals surface area (Å²) in [5.41, 5.74) is 1.27. The molecule has 0 spiro atoms. The van der Waals surface area contributed by atoms with Crippen molar-refractivity contribution >= 4 is 0 Å². The predicted molar refractivity (Wildman–Crippen MR) is 58.6 cm³/mol. The minimum atomic E-state index is -0.493. The third-order valence-corrected chi connectivity index (χ3v) is 2.88. The number of nitrogens with one attached hydrogen (secondary N) is 1. The summed E-state index contributed by atoms with van der Waals surface area (Å²) in [6, 6.07) is 5.22. The SMILES string of the molecule is Cc1cccc(CN[C@@H]2COC[C@H]2O)c1F. The van der Waals surface area contributed by atoms with E-state index in [1.54, 1.807) is 19.1 Å². The molecule has 0 bridgehead atoms. The first-order valence-electron chi connectivity index (χ1n) is 5.41. The van der Waals surface area contributed by atoms with Crippen molar-refractivity contribution < 1.29 is 14.2 Å². The molecule has 2 atom stereocenters. The van der Waals surface area contributed by atoms with Crippen molar-refractivity contribution in [2.24, 2.45) is 0 Å². The molecule has 0 amide bonds. The molecule has 0 aromatic heterocycles. The van der Waals surface area contributed by atoms with Gasteiger partial charge in [0.2, 0.25) is 0 Å². The van der Waals surface area contributed by atoms with Crippen molar-refractivity contribution in [1.82, 2.24) is 5.32 Å². The summed E-state index contributed by atoms with van der Waals surface area (Å²) in [6.45, 7) is 2.99. The Morgan fingerprint density at radius 3 is 3.00 bits per heavy atom. The van der Waals surface area contributed by atoms with Crippen molar-refractivity contribution in [1.29, 1.82) is 0 Å². The van der Waals surface area contributed by atoms with Crippen LogP contribution in [0.4, 0.5) is 4.39 Å². The Morgan fingerprint density at radius 1 is 1.50 bits per heavy atom. The quantitative estimate of drug-likeness (QED) is 0.806. The van der Waals surface area contributed by atoms with Crippen LogP contribution in [0.15, 0.2) is 18.2 Å². The number of ether oxygens (including phenoxy) is 1. The monoisotopic (exact) mass is 225 g/mol. The molecule has 88 valence electrons. The molecule has 1 aliphatic rings. The minimum absolute atomic E-state index is 0.0973. The maximum absolute atomic E-state index is 13.6. The molecule has 16 heavy (non-hydrogen) atoms. The fraction of sp³-hybridized carbons (Fsp3) is 0.500. The molecule has 4 heteroatoms. The van der Waals surface area contributed by atoms with Crippen molar-refractivity contribution in [2.45, 2.75) is 25.6 Å². The van der Waals surface area contributed by atoms with E-state index in [-0.39, 0.29) is 11.9 Å². The highest BCUT2D eigenvalue weighted by molar-refractivity contribution is 5.24. The largest absolute Gasteiger partial charge is 0.389 e. The van der Waals surface area contributed by atoms with Crippen LogP contribution in [0.5, 0.6) is 0 Å². The topological polar surface area (TPSA) is 41.5 Å². The third-order valence-electron chi connectivity index (χ3n) is 2.88. The van der Waals surface area contributed by atoms with Gasteiger partial charge in [0.1, 0.15) is 5.82 Å². The lowest BCUT2D eigenvalue weighted by Crippen LogP contribution is -2.38. The lowest BCUT2D eigenvalue weighted by molar-refractivity contribution is 0.122. The van der Waals surface area contributed by atoms with Gasteiger partial charge in [0.15, 0.2) is 0 Å². The van der Waals surface area contributed by atoms with Crippen molar-refractivity contribution in [3.63, 3.8) is 0 Å². The molecule has 1 aromatic carbocycles. The molecule has 1 aromatic rings. The lowest BCUT2D eigenvalue weighted by Gasteiger charge is -2.15. The molecule has 0 saturated carbocycles. The van der Waals surface area contributed by atoms with E-state index >= 15 is 0 Å². The number of aliphatic hydroxyl groups is 1.